The van der Waals surface area contributed by atoms with Crippen molar-refractivity contribution >= 4 is 12.3 Å². The Balaban J connectivity index is 1.47. The van der Waals surface area contributed by atoms with Gasteiger partial charge in [0.1, 0.15) is 23.4 Å². The average Bonchev–Trinajstić information content (AvgIpc) is 2.83. The second kappa shape index (κ2) is 11.9. The number of benzene rings is 1. The van der Waals surface area contributed by atoms with Gasteiger partial charge in [0.15, 0.2) is 0 Å². The molecule has 3 rings (SSSR count). The largest absolute Gasteiger partial charge is 0.540 e. The molecule has 0 aliphatic heterocycles. The van der Waals surface area contributed by atoms with E-state index < -0.39 is 23.5 Å². The molecule has 2 saturated carbocycles. The van der Waals surface area contributed by atoms with Gasteiger partial charge in [0, 0.05) is 0 Å². The van der Waals surface area contributed by atoms with Gasteiger partial charge in [-0.3, -0.25) is 9.78 Å². The minimum atomic E-state index is -0.893. The summed E-state index contributed by atoms with van der Waals surface area (Å²) in [5.41, 5.74) is -0.213. The third-order valence-corrected chi connectivity index (χ3v) is 6.54. The lowest BCUT2D eigenvalue weighted by molar-refractivity contribution is -0.325. The highest BCUT2D eigenvalue weighted by Gasteiger charge is 2.30. The van der Waals surface area contributed by atoms with E-state index in [0.717, 1.165) is 62.5 Å². The van der Waals surface area contributed by atoms with Gasteiger partial charge in [-0.05, 0) is 90.2 Å². The van der Waals surface area contributed by atoms with E-state index in [1.807, 2.05) is 24.3 Å². The third-order valence-electron chi connectivity index (χ3n) is 6.54. The van der Waals surface area contributed by atoms with E-state index in [1.54, 1.807) is 27.7 Å². The Hall–Kier alpha value is -2.32. The van der Waals surface area contributed by atoms with Gasteiger partial charge in [0.2, 0.25) is 0 Å². The van der Waals surface area contributed by atoms with E-state index in [1.165, 1.54) is 12.8 Å². The van der Waals surface area contributed by atoms with Gasteiger partial charge < -0.3 is 9.47 Å². The summed E-state index contributed by atoms with van der Waals surface area (Å²) >= 11 is 0. The molecular weight excluding hydrogens is 440 g/mol. The first-order chi connectivity index (χ1) is 16.2. The molecule has 0 spiro atoms. The highest BCUT2D eigenvalue weighted by molar-refractivity contribution is 5.59. The highest BCUT2D eigenvalue weighted by Crippen LogP contribution is 2.31. The zero-order chi connectivity index (χ0) is 24.6. The van der Waals surface area contributed by atoms with Crippen molar-refractivity contribution in [2.24, 2.45) is 0 Å². The Kier molecular flexibility index (Phi) is 9.19. The molecule has 0 aromatic heterocycles. The molecule has 8 heteroatoms. The van der Waals surface area contributed by atoms with Crippen LogP contribution in [0.3, 0.4) is 0 Å². The van der Waals surface area contributed by atoms with E-state index >= 15 is 0 Å². The molecule has 0 bridgehead atoms. The Morgan fingerprint density at radius 1 is 0.618 bits per heavy atom. The van der Waals surface area contributed by atoms with E-state index in [2.05, 4.69) is 0 Å². The van der Waals surface area contributed by atoms with Crippen molar-refractivity contribution < 1.29 is 38.6 Å². The van der Waals surface area contributed by atoms with Crippen LogP contribution in [0.25, 0.3) is 0 Å². The quantitative estimate of drug-likeness (QED) is 0.224. The lowest BCUT2D eigenvalue weighted by atomic mass is 9.92. The second-order valence-corrected chi connectivity index (χ2v) is 10.2. The van der Waals surface area contributed by atoms with Crippen LogP contribution in [0.5, 0.6) is 0 Å². The number of carbonyl (C=O) groups excluding carboxylic acids is 2. The number of rotatable bonds is 8. The van der Waals surface area contributed by atoms with Crippen molar-refractivity contribution in [3.8, 4) is 0 Å². The minimum absolute atomic E-state index is 0.100. The molecule has 2 aliphatic carbocycles. The summed E-state index contributed by atoms with van der Waals surface area (Å²) < 4.78 is 10.7. The van der Waals surface area contributed by atoms with Crippen LogP contribution in [0, 0.1) is 0 Å². The summed E-state index contributed by atoms with van der Waals surface area (Å²) in [5.74, 6) is 0. The van der Waals surface area contributed by atoms with Gasteiger partial charge in [0.05, 0.1) is 0 Å². The highest BCUT2D eigenvalue weighted by atomic mass is 17.2. The van der Waals surface area contributed by atoms with Gasteiger partial charge in [-0.1, -0.05) is 37.1 Å². The van der Waals surface area contributed by atoms with Gasteiger partial charge in [-0.25, -0.2) is 9.59 Å². The fourth-order valence-corrected chi connectivity index (χ4v) is 4.32. The molecule has 1 aromatic rings. The first kappa shape index (κ1) is 26.3. The predicted molar refractivity (Wildman–Crippen MR) is 124 cm³/mol. The fourth-order valence-electron chi connectivity index (χ4n) is 4.32. The van der Waals surface area contributed by atoms with Crippen LogP contribution in [0.15, 0.2) is 24.3 Å². The summed E-state index contributed by atoms with van der Waals surface area (Å²) in [6.07, 6.45) is 8.19. The molecule has 190 valence electrons. The predicted octanol–water partition coefficient (Wildman–Crippen LogP) is 6.99. The number of ether oxygens (including phenoxy) is 2. The molecule has 0 radical (unpaired) electrons. The molecule has 2 aliphatic rings. The normalized spacial score (nSPS) is 18.2. The molecule has 0 atom stereocenters. The zero-order valence-corrected chi connectivity index (χ0v) is 20.8. The lowest BCUT2D eigenvalue weighted by Crippen LogP contribution is -2.28. The molecule has 2 fully saturated rings. The maximum absolute atomic E-state index is 12.0. The minimum Gasteiger partial charge on any atom is -0.429 e. The van der Waals surface area contributed by atoms with Crippen molar-refractivity contribution in [3.05, 3.63) is 35.4 Å². The van der Waals surface area contributed by atoms with Crippen LogP contribution in [-0.4, -0.2) is 24.5 Å². The molecule has 34 heavy (non-hydrogen) atoms. The van der Waals surface area contributed by atoms with E-state index in [4.69, 9.17) is 29.0 Å². The molecule has 0 N–H and O–H groups in total. The maximum Gasteiger partial charge on any atom is 0.540 e. The second-order valence-electron chi connectivity index (χ2n) is 10.2. The van der Waals surface area contributed by atoms with Crippen LogP contribution in [-0.2, 0) is 40.2 Å². The molecular formula is C26H38O8. The monoisotopic (exact) mass is 478 g/mol. The van der Waals surface area contributed by atoms with Crippen LogP contribution >= 0.6 is 0 Å². The van der Waals surface area contributed by atoms with Crippen molar-refractivity contribution in [2.45, 2.75) is 115 Å². The van der Waals surface area contributed by atoms with Crippen LogP contribution in [0.4, 0.5) is 9.59 Å². The summed E-state index contributed by atoms with van der Waals surface area (Å²) in [6.45, 7) is 7.17. The number of hydrogen-bond acceptors (Lipinski definition) is 8. The maximum atomic E-state index is 12.0. The summed E-state index contributed by atoms with van der Waals surface area (Å²) in [7, 11) is 0. The summed E-state index contributed by atoms with van der Waals surface area (Å²) in [4.78, 5) is 44.7. The number of hydrogen-bond donors (Lipinski definition) is 0. The van der Waals surface area contributed by atoms with Crippen LogP contribution in [0.2, 0.25) is 0 Å². The fraction of sp³-hybridized carbons (Fsp3) is 0.692. The number of carbonyl (C=O) groups is 2. The first-order valence-electron chi connectivity index (χ1n) is 12.4. The zero-order valence-electron chi connectivity index (χ0n) is 20.8. The van der Waals surface area contributed by atoms with Crippen molar-refractivity contribution in [2.75, 3.05) is 0 Å². The van der Waals surface area contributed by atoms with Crippen LogP contribution in [0.1, 0.15) is 103 Å². The molecule has 0 saturated heterocycles. The topological polar surface area (TPSA) is 89.5 Å². The SMILES string of the molecule is CC(C)(OOC(=O)OC1CCCCC1)c1ccc(C(C)(C)OOC(=O)OC2CCCCC2)cc1. The van der Waals surface area contributed by atoms with Gasteiger partial charge in [0.25, 0.3) is 0 Å². The third kappa shape index (κ3) is 7.87. The van der Waals surface area contributed by atoms with E-state index in [9.17, 15) is 9.59 Å². The summed E-state index contributed by atoms with van der Waals surface area (Å²) in [5, 5.41) is 0. The molecule has 0 heterocycles. The molecule has 8 nitrogen and oxygen atoms in total. The van der Waals surface area contributed by atoms with Crippen molar-refractivity contribution in [3.63, 3.8) is 0 Å². The average molecular weight is 479 g/mol. The Morgan fingerprint density at radius 3 is 1.26 bits per heavy atom. The Bertz CT molecular complexity index is 723. The molecule has 0 unspecified atom stereocenters. The first-order valence-corrected chi connectivity index (χ1v) is 12.4. The van der Waals surface area contributed by atoms with Gasteiger partial charge >= 0.3 is 12.3 Å². The van der Waals surface area contributed by atoms with Crippen LogP contribution < -0.4 is 0 Å². The van der Waals surface area contributed by atoms with Gasteiger partial charge in [-0.2, -0.15) is 9.78 Å². The van der Waals surface area contributed by atoms with Crippen molar-refractivity contribution in [1.29, 1.82) is 0 Å². The lowest BCUT2D eigenvalue weighted by Gasteiger charge is -2.27. The van der Waals surface area contributed by atoms with E-state index in [0.29, 0.717) is 0 Å². The Labute approximate surface area is 202 Å². The Morgan fingerprint density at radius 2 is 0.941 bits per heavy atom. The molecule has 1 aromatic carbocycles. The van der Waals surface area contributed by atoms with E-state index in [-0.39, 0.29) is 12.2 Å². The molecule has 0 amide bonds. The summed E-state index contributed by atoms with van der Waals surface area (Å²) in [6, 6.07) is 7.38. The van der Waals surface area contributed by atoms with Gasteiger partial charge in [-0.15, -0.1) is 0 Å². The standard InChI is InChI=1S/C26H38O8/c1-25(2,33-31-23(27)29-21-11-7-5-8-12-21)19-15-17-20(18-16-19)26(3,4)34-32-24(28)30-22-13-9-6-10-14-22/h15-18,21-22H,5-14H2,1-4H3. The smallest absolute Gasteiger partial charge is 0.429 e. The van der Waals surface area contributed by atoms with Crippen molar-refractivity contribution in [1.82, 2.24) is 0 Å².